The summed E-state index contributed by atoms with van der Waals surface area (Å²) in [5.41, 5.74) is 14.3. The highest BCUT2D eigenvalue weighted by Gasteiger charge is 2.19. The summed E-state index contributed by atoms with van der Waals surface area (Å²) in [7, 11) is 0. The first-order chi connectivity index (χ1) is 28.2. The summed E-state index contributed by atoms with van der Waals surface area (Å²) in [5, 5.41) is 4.46. The van der Waals surface area contributed by atoms with E-state index in [0.29, 0.717) is 11.5 Å². The van der Waals surface area contributed by atoms with E-state index in [1.165, 1.54) is 33.0 Å². The molecule has 9 aromatic carbocycles. The molecule has 0 aliphatic rings. The van der Waals surface area contributed by atoms with Crippen molar-refractivity contribution < 1.29 is 8.83 Å². The zero-order valence-electron chi connectivity index (χ0n) is 30.8. The molecule has 0 aliphatic carbocycles. The lowest BCUT2D eigenvalue weighted by molar-refractivity contribution is 0.617. The number of aromatic nitrogens is 1. The van der Waals surface area contributed by atoms with Crippen LogP contribution in [-0.2, 0) is 0 Å². The van der Waals surface area contributed by atoms with Crippen LogP contribution in [0.5, 0.6) is 0 Å². The van der Waals surface area contributed by atoms with Gasteiger partial charge in [-0.1, -0.05) is 140 Å². The lowest BCUT2D eigenvalue weighted by Crippen LogP contribution is -2.10. The fourth-order valence-corrected chi connectivity index (χ4v) is 8.09. The zero-order chi connectivity index (χ0) is 37.7. The minimum atomic E-state index is 0.605. The summed E-state index contributed by atoms with van der Waals surface area (Å²) >= 11 is 0. The van der Waals surface area contributed by atoms with Crippen LogP contribution in [0.15, 0.2) is 215 Å². The first-order valence-corrected chi connectivity index (χ1v) is 19.2. The molecule has 0 unspecified atom stereocenters. The second kappa shape index (κ2) is 13.6. The van der Waals surface area contributed by atoms with Gasteiger partial charge in [0.05, 0.1) is 5.69 Å². The maximum Gasteiger partial charge on any atom is 0.227 e. The number of fused-ring (bicyclic) bond motifs is 5. The molecule has 0 bridgehead atoms. The number of hydrogen-bond donors (Lipinski definition) is 0. The maximum absolute atomic E-state index is 6.44. The molecule has 4 heteroatoms. The average Bonchev–Trinajstić information content (AvgIpc) is 3.87. The van der Waals surface area contributed by atoms with Crippen molar-refractivity contribution in [3.8, 4) is 44.8 Å². The highest BCUT2D eigenvalue weighted by atomic mass is 16.4. The number of furan rings is 1. The van der Waals surface area contributed by atoms with Crippen molar-refractivity contribution in [2.75, 3.05) is 4.90 Å². The van der Waals surface area contributed by atoms with E-state index >= 15 is 0 Å². The minimum Gasteiger partial charge on any atom is -0.456 e. The molecule has 0 atom stereocenters. The molecule has 0 saturated carbocycles. The predicted molar refractivity (Wildman–Crippen MR) is 235 cm³/mol. The van der Waals surface area contributed by atoms with Crippen molar-refractivity contribution in [1.82, 2.24) is 4.98 Å². The van der Waals surface area contributed by atoms with Gasteiger partial charge in [-0.15, -0.1) is 0 Å². The molecule has 0 aliphatic heterocycles. The molecule has 11 rings (SSSR count). The van der Waals surface area contributed by atoms with Gasteiger partial charge in [0.2, 0.25) is 5.89 Å². The maximum atomic E-state index is 6.44. The third-order valence-electron chi connectivity index (χ3n) is 10.9. The van der Waals surface area contributed by atoms with E-state index in [2.05, 4.69) is 175 Å². The predicted octanol–water partition coefficient (Wildman–Crippen LogP) is 15.0. The fraction of sp³-hybridized carbons (Fsp3) is 0. The van der Waals surface area contributed by atoms with Gasteiger partial charge < -0.3 is 13.7 Å². The molecular weight excluding hydrogens is 697 g/mol. The van der Waals surface area contributed by atoms with Crippen molar-refractivity contribution in [2.24, 2.45) is 0 Å². The monoisotopic (exact) mass is 730 g/mol. The van der Waals surface area contributed by atoms with Gasteiger partial charge in [-0.05, 0) is 99.4 Å². The van der Waals surface area contributed by atoms with E-state index in [4.69, 9.17) is 13.8 Å². The Labute approximate surface area is 329 Å². The minimum absolute atomic E-state index is 0.605. The van der Waals surface area contributed by atoms with E-state index in [1.54, 1.807) is 0 Å². The van der Waals surface area contributed by atoms with Gasteiger partial charge in [-0.25, -0.2) is 4.98 Å². The number of benzene rings is 9. The molecule has 0 spiro atoms. The van der Waals surface area contributed by atoms with E-state index in [0.717, 1.165) is 61.2 Å². The Bertz CT molecular complexity index is 3200. The van der Waals surface area contributed by atoms with Crippen LogP contribution < -0.4 is 4.90 Å². The van der Waals surface area contributed by atoms with Gasteiger partial charge in [-0.3, -0.25) is 0 Å². The van der Waals surface area contributed by atoms with Crippen LogP contribution >= 0.6 is 0 Å². The first-order valence-electron chi connectivity index (χ1n) is 19.2. The SMILES string of the molecule is c1ccc(-c2ccc(N(c3ccc(-c4ccc5c(c4)oc4cc6oc(-c7ccccc7)nc6cc45)cc3)c3ccc(-c4ccccc4)c4ccccc34)cc2)cc1. The van der Waals surface area contributed by atoms with Crippen molar-refractivity contribution in [2.45, 2.75) is 0 Å². The van der Waals surface area contributed by atoms with Gasteiger partial charge in [0.15, 0.2) is 5.58 Å². The van der Waals surface area contributed by atoms with Crippen LogP contribution in [0, 0.1) is 0 Å². The number of rotatable bonds is 7. The number of anilines is 3. The standard InChI is InChI=1S/C53H34N2O2/c1-4-12-35(13-5-1)36-20-25-41(26-21-36)55(49-31-30-43(38-14-6-2-7-15-38)44-18-10-11-19-45(44)49)42-27-22-37(23-28-42)40-24-29-46-47-33-48-52(34-51(47)56-50(46)32-40)57-53(54-48)39-16-8-3-9-17-39/h1-34H. The summed E-state index contributed by atoms with van der Waals surface area (Å²) < 4.78 is 12.6. The highest BCUT2D eigenvalue weighted by Crippen LogP contribution is 2.43. The Morgan fingerprint density at radius 2 is 0.877 bits per heavy atom. The topological polar surface area (TPSA) is 42.4 Å². The fourth-order valence-electron chi connectivity index (χ4n) is 8.09. The Hall–Kier alpha value is -7.69. The first kappa shape index (κ1) is 32.7. The van der Waals surface area contributed by atoms with E-state index in [9.17, 15) is 0 Å². The summed E-state index contributed by atoms with van der Waals surface area (Å²) in [4.78, 5) is 7.16. The summed E-state index contributed by atoms with van der Waals surface area (Å²) in [5.74, 6) is 0.605. The van der Waals surface area contributed by atoms with E-state index in [1.807, 2.05) is 36.4 Å². The summed E-state index contributed by atoms with van der Waals surface area (Å²) in [6.07, 6.45) is 0. The molecule has 11 aromatic rings. The molecule has 0 N–H and O–H groups in total. The van der Waals surface area contributed by atoms with Crippen molar-refractivity contribution in [1.29, 1.82) is 0 Å². The van der Waals surface area contributed by atoms with Crippen LogP contribution in [0.3, 0.4) is 0 Å². The molecule has 268 valence electrons. The Morgan fingerprint density at radius 1 is 0.333 bits per heavy atom. The molecule has 0 saturated heterocycles. The van der Waals surface area contributed by atoms with E-state index in [-0.39, 0.29) is 0 Å². The molecule has 2 aromatic heterocycles. The van der Waals surface area contributed by atoms with Crippen LogP contribution in [0.4, 0.5) is 17.1 Å². The van der Waals surface area contributed by atoms with E-state index < -0.39 is 0 Å². The molecule has 0 fully saturated rings. The van der Waals surface area contributed by atoms with Crippen LogP contribution in [0.25, 0.3) is 88.6 Å². The second-order valence-corrected chi connectivity index (χ2v) is 14.4. The molecule has 0 amide bonds. The van der Waals surface area contributed by atoms with Crippen molar-refractivity contribution >= 4 is 60.9 Å². The molecule has 2 heterocycles. The van der Waals surface area contributed by atoms with Gasteiger partial charge >= 0.3 is 0 Å². The van der Waals surface area contributed by atoms with Gasteiger partial charge in [0, 0.05) is 39.2 Å². The Morgan fingerprint density at radius 3 is 1.56 bits per heavy atom. The zero-order valence-corrected chi connectivity index (χ0v) is 30.8. The van der Waals surface area contributed by atoms with Crippen LogP contribution in [0.2, 0.25) is 0 Å². The van der Waals surface area contributed by atoms with Crippen LogP contribution in [-0.4, -0.2) is 4.98 Å². The third-order valence-corrected chi connectivity index (χ3v) is 10.9. The second-order valence-electron chi connectivity index (χ2n) is 14.4. The number of hydrogen-bond acceptors (Lipinski definition) is 4. The lowest BCUT2D eigenvalue weighted by Gasteiger charge is -2.28. The lowest BCUT2D eigenvalue weighted by atomic mass is 9.96. The molecule has 0 radical (unpaired) electrons. The van der Waals surface area contributed by atoms with Gasteiger partial charge in [0.25, 0.3) is 0 Å². The summed E-state index contributed by atoms with van der Waals surface area (Å²) in [6, 6.07) is 72.5. The van der Waals surface area contributed by atoms with Crippen molar-refractivity contribution in [3.05, 3.63) is 206 Å². The third kappa shape index (κ3) is 5.83. The Balaban J connectivity index is 0.980. The Kier molecular flexibility index (Phi) is 7.78. The molecule has 57 heavy (non-hydrogen) atoms. The van der Waals surface area contributed by atoms with Gasteiger partial charge in [0.1, 0.15) is 16.7 Å². The highest BCUT2D eigenvalue weighted by molar-refractivity contribution is 6.10. The molecule has 4 nitrogen and oxygen atoms in total. The number of nitrogens with zero attached hydrogens (tertiary/aromatic N) is 2. The van der Waals surface area contributed by atoms with Gasteiger partial charge in [-0.2, -0.15) is 0 Å². The van der Waals surface area contributed by atoms with Crippen LogP contribution in [0.1, 0.15) is 0 Å². The normalized spacial score (nSPS) is 11.5. The summed E-state index contributed by atoms with van der Waals surface area (Å²) in [6.45, 7) is 0. The molecular formula is C53H34N2O2. The average molecular weight is 731 g/mol. The largest absolute Gasteiger partial charge is 0.456 e. The number of oxazole rings is 1. The van der Waals surface area contributed by atoms with Crippen molar-refractivity contribution in [3.63, 3.8) is 0 Å². The quantitative estimate of drug-likeness (QED) is 0.164. The smallest absolute Gasteiger partial charge is 0.227 e.